The van der Waals surface area contributed by atoms with Crippen LogP contribution in [0.4, 0.5) is 5.82 Å². The van der Waals surface area contributed by atoms with Crippen molar-refractivity contribution in [3.8, 4) is 5.75 Å². The Balaban J connectivity index is 2.16. The summed E-state index contributed by atoms with van der Waals surface area (Å²) < 4.78 is 5.92. The number of aryl methyl sites for hydroxylation is 2. The highest BCUT2D eigenvalue weighted by atomic mass is 16.5. The summed E-state index contributed by atoms with van der Waals surface area (Å²) >= 11 is 0. The fourth-order valence-corrected chi connectivity index (χ4v) is 1.96. The lowest BCUT2D eigenvalue weighted by molar-refractivity contribution is 0.302. The molecule has 0 aliphatic rings. The SMILES string of the molecule is CNc1ncccc1COc1c(C)cccc1C. The van der Waals surface area contributed by atoms with Crippen molar-refractivity contribution in [3.05, 3.63) is 53.2 Å². The highest BCUT2D eigenvalue weighted by molar-refractivity contribution is 5.44. The average Bonchev–Trinajstić information content (AvgIpc) is 2.38. The largest absolute Gasteiger partial charge is 0.488 e. The summed E-state index contributed by atoms with van der Waals surface area (Å²) in [5, 5.41) is 3.07. The molecule has 1 aromatic heterocycles. The molecule has 1 heterocycles. The lowest BCUT2D eigenvalue weighted by atomic mass is 10.1. The minimum atomic E-state index is 0.524. The third kappa shape index (κ3) is 2.62. The standard InChI is InChI=1S/C15H18N2O/c1-11-6-4-7-12(2)14(11)18-10-13-8-5-9-17-15(13)16-3/h4-9H,10H2,1-3H3,(H,16,17). The van der Waals surface area contributed by atoms with Gasteiger partial charge in [0.25, 0.3) is 0 Å². The van der Waals surface area contributed by atoms with Crippen LogP contribution in [0, 0.1) is 13.8 Å². The molecule has 3 nitrogen and oxygen atoms in total. The maximum absolute atomic E-state index is 5.92. The fourth-order valence-electron chi connectivity index (χ4n) is 1.96. The molecule has 0 saturated heterocycles. The highest BCUT2D eigenvalue weighted by Crippen LogP contribution is 2.24. The number of benzene rings is 1. The van der Waals surface area contributed by atoms with Crippen molar-refractivity contribution in [2.75, 3.05) is 12.4 Å². The Morgan fingerprint density at radius 1 is 1.11 bits per heavy atom. The van der Waals surface area contributed by atoms with Gasteiger partial charge in [-0.25, -0.2) is 4.98 Å². The van der Waals surface area contributed by atoms with Gasteiger partial charge in [-0.05, 0) is 31.0 Å². The first-order chi connectivity index (χ1) is 8.72. The van der Waals surface area contributed by atoms with Crippen LogP contribution in [0.5, 0.6) is 5.75 Å². The molecular weight excluding hydrogens is 224 g/mol. The zero-order valence-corrected chi connectivity index (χ0v) is 11.0. The predicted molar refractivity (Wildman–Crippen MR) is 74.0 cm³/mol. The van der Waals surface area contributed by atoms with Gasteiger partial charge in [0.1, 0.15) is 18.2 Å². The zero-order valence-electron chi connectivity index (χ0n) is 11.0. The fraction of sp³-hybridized carbons (Fsp3) is 0.267. The van der Waals surface area contributed by atoms with Crippen LogP contribution in [0.3, 0.4) is 0 Å². The molecule has 0 spiro atoms. The van der Waals surface area contributed by atoms with Crippen molar-refractivity contribution in [1.82, 2.24) is 4.98 Å². The van der Waals surface area contributed by atoms with Crippen molar-refractivity contribution < 1.29 is 4.74 Å². The van der Waals surface area contributed by atoms with Gasteiger partial charge in [0.05, 0.1) is 0 Å². The maximum Gasteiger partial charge on any atom is 0.132 e. The molecule has 0 unspecified atom stereocenters. The lowest BCUT2D eigenvalue weighted by Gasteiger charge is -2.13. The second kappa shape index (κ2) is 5.54. The van der Waals surface area contributed by atoms with Crippen LogP contribution >= 0.6 is 0 Å². The lowest BCUT2D eigenvalue weighted by Crippen LogP contribution is -2.03. The summed E-state index contributed by atoms with van der Waals surface area (Å²) in [7, 11) is 1.87. The number of pyridine rings is 1. The molecular formula is C15H18N2O. The van der Waals surface area contributed by atoms with Crippen LogP contribution in [-0.4, -0.2) is 12.0 Å². The van der Waals surface area contributed by atoms with Gasteiger partial charge < -0.3 is 10.1 Å². The zero-order chi connectivity index (χ0) is 13.0. The highest BCUT2D eigenvalue weighted by Gasteiger charge is 2.06. The number of aromatic nitrogens is 1. The van der Waals surface area contributed by atoms with Crippen LogP contribution in [-0.2, 0) is 6.61 Å². The van der Waals surface area contributed by atoms with Gasteiger partial charge in [-0.2, -0.15) is 0 Å². The number of rotatable bonds is 4. The van der Waals surface area contributed by atoms with E-state index in [0.29, 0.717) is 6.61 Å². The van der Waals surface area contributed by atoms with E-state index in [-0.39, 0.29) is 0 Å². The number of hydrogen-bond donors (Lipinski definition) is 1. The van der Waals surface area contributed by atoms with Gasteiger partial charge in [0, 0.05) is 18.8 Å². The summed E-state index contributed by atoms with van der Waals surface area (Å²) in [6, 6.07) is 10.1. The summed E-state index contributed by atoms with van der Waals surface area (Å²) in [4.78, 5) is 4.26. The minimum absolute atomic E-state index is 0.524. The summed E-state index contributed by atoms with van der Waals surface area (Å²) in [5.74, 6) is 1.83. The summed E-state index contributed by atoms with van der Waals surface area (Å²) in [6.45, 7) is 4.64. The van der Waals surface area contributed by atoms with E-state index in [1.165, 1.54) is 0 Å². The second-order valence-corrected chi connectivity index (χ2v) is 4.27. The molecule has 0 aliphatic carbocycles. The molecule has 1 aromatic carbocycles. The molecule has 0 amide bonds. The summed E-state index contributed by atoms with van der Waals surface area (Å²) in [6.07, 6.45) is 1.77. The van der Waals surface area contributed by atoms with E-state index >= 15 is 0 Å². The van der Waals surface area contributed by atoms with Crippen LogP contribution in [0.1, 0.15) is 16.7 Å². The topological polar surface area (TPSA) is 34.2 Å². The number of para-hydroxylation sites is 1. The van der Waals surface area contributed by atoms with Gasteiger partial charge in [-0.15, -0.1) is 0 Å². The first-order valence-electron chi connectivity index (χ1n) is 6.03. The average molecular weight is 242 g/mol. The molecule has 18 heavy (non-hydrogen) atoms. The van der Waals surface area contributed by atoms with E-state index in [0.717, 1.165) is 28.3 Å². The van der Waals surface area contributed by atoms with E-state index in [4.69, 9.17) is 4.74 Å². The first kappa shape index (κ1) is 12.4. The van der Waals surface area contributed by atoms with Crippen molar-refractivity contribution in [3.63, 3.8) is 0 Å². The Morgan fingerprint density at radius 3 is 2.50 bits per heavy atom. The van der Waals surface area contributed by atoms with Crippen molar-refractivity contribution in [1.29, 1.82) is 0 Å². The van der Waals surface area contributed by atoms with Gasteiger partial charge >= 0.3 is 0 Å². The van der Waals surface area contributed by atoms with Crippen LogP contribution < -0.4 is 10.1 Å². The van der Waals surface area contributed by atoms with E-state index in [2.05, 4.69) is 36.3 Å². The van der Waals surface area contributed by atoms with Gasteiger partial charge in [-0.3, -0.25) is 0 Å². The molecule has 2 rings (SSSR count). The van der Waals surface area contributed by atoms with Crippen molar-refractivity contribution in [2.24, 2.45) is 0 Å². The molecule has 94 valence electrons. The number of nitrogens with one attached hydrogen (secondary N) is 1. The number of hydrogen-bond acceptors (Lipinski definition) is 3. The third-order valence-electron chi connectivity index (χ3n) is 2.91. The quantitative estimate of drug-likeness (QED) is 0.893. The molecule has 0 bridgehead atoms. The van der Waals surface area contributed by atoms with E-state index in [9.17, 15) is 0 Å². The third-order valence-corrected chi connectivity index (χ3v) is 2.91. The Bertz CT molecular complexity index is 518. The number of anilines is 1. The first-order valence-corrected chi connectivity index (χ1v) is 6.03. The molecule has 0 aliphatic heterocycles. The van der Waals surface area contributed by atoms with Gasteiger partial charge in [-0.1, -0.05) is 24.3 Å². The van der Waals surface area contributed by atoms with E-state index in [1.807, 2.05) is 25.2 Å². The predicted octanol–water partition coefficient (Wildman–Crippen LogP) is 3.32. The summed E-state index contributed by atoms with van der Waals surface area (Å²) in [5.41, 5.74) is 3.37. The maximum atomic E-state index is 5.92. The van der Waals surface area contributed by atoms with Crippen LogP contribution in [0.15, 0.2) is 36.5 Å². The van der Waals surface area contributed by atoms with Crippen molar-refractivity contribution in [2.45, 2.75) is 20.5 Å². The van der Waals surface area contributed by atoms with E-state index < -0.39 is 0 Å². The Kier molecular flexibility index (Phi) is 3.82. The smallest absolute Gasteiger partial charge is 0.132 e. The van der Waals surface area contributed by atoms with Gasteiger partial charge in [0.2, 0.25) is 0 Å². The van der Waals surface area contributed by atoms with Crippen molar-refractivity contribution >= 4 is 5.82 Å². The van der Waals surface area contributed by atoms with E-state index in [1.54, 1.807) is 6.20 Å². The molecule has 0 fully saturated rings. The normalized spacial score (nSPS) is 10.2. The number of nitrogens with zero attached hydrogens (tertiary/aromatic N) is 1. The van der Waals surface area contributed by atoms with Crippen LogP contribution in [0.25, 0.3) is 0 Å². The second-order valence-electron chi connectivity index (χ2n) is 4.27. The molecule has 1 N–H and O–H groups in total. The molecule has 3 heteroatoms. The van der Waals surface area contributed by atoms with Crippen LogP contribution in [0.2, 0.25) is 0 Å². The van der Waals surface area contributed by atoms with Gasteiger partial charge in [0.15, 0.2) is 0 Å². The molecule has 0 atom stereocenters. The Hall–Kier alpha value is -2.03. The molecule has 0 radical (unpaired) electrons. The minimum Gasteiger partial charge on any atom is -0.488 e. The Morgan fingerprint density at radius 2 is 1.83 bits per heavy atom. The molecule has 0 saturated carbocycles. The number of ether oxygens (including phenoxy) is 1. The monoisotopic (exact) mass is 242 g/mol. The molecule has 2 aromatic rings. The Labute approximate surface area is 108 Å².